The fraction of sp³-hybridized carbons (Fsp3) is 0. The number of hydrogen-bond donors (Lipinski definition) is 2. The molecular formula is C5H4ClNO2. The van der Waals surface area contributed by atoms with Crippen molar-refractivity contribution in [2.45, 2.75) is 0 Å². The summed E-state index contributed by atoms with van der Waals surface area (Å²) in [5.74, 6) is -1.01. The quantitative estimate of drug-likeness (QED) is 0.627. The minimum atomic E-state index is -1.01. The Morgan fingerprint density at radius 2 is 2.44 bits per heavy atom. The summed E-state index contributed by atoms with van der Waals surface area (Å²) in [6.45, 7) is 0. The van der Waals surface area contributed by atoms with E-state index in [0.717, 1.165) is 0 Å². The van der Waals surface area contributed by atoms with E-state index in [4.69, 9.17) is 16.7 Å². The van der Waals surface area contributed by atoms with Gasteiger partial charge in [-0.25, -0.2) is 4.79 Å². The highest BCUT2D eigenvalue weighted by Crippen LogP contribution is 2.11. The van der Waals surface area contributed by atoms with Crippen molar-refractivity contribution in [1.29, 1.82) is 0 Å². The van der Waals surface area contributed by atoms with Crippen molar-refractivity contribution < 1.29 is 9.90 Å². The number of carboxylic acid groups (broad SMARTS) is 1. The number of carboxylic acids is 1. The van der Waals surface area contributed by atoms with Gasteiger partial charge < -0.3 is 10.1 Å². The van der Waals surface area contributed by atoms with E-state index in [1.807, 2.05) is 0 Å². The van der Waals surface area contributed by atoms with Gasteiger partial charge in [0, 0.05) is 6.20 Å². The molecule has 9 heavy (non-hydrogen) atoms. The first-order chi connectivity index (χ1) is 4.22. The van der Waals surface area contributed by atoms with Crippen LogP contribution in [0.3, 0.4) is 0 Å². The fourth-order valence-corrected chi connectivity index (χ4v) is 0.721. The molecule has 0 aliphatic heterocycles. The molecular weight excluding hydrogens is 142 g/mol. The lowest BCUT2D eigenvalue weighted by Gasteiger charge is -1.84. The van der Waals surface area contributed by atoms with E-state index >= 15 is 0 Å². The Balaban J connectivity index is 3.08. The molecule has 0 radical (unpaired) electrons. The van der Waals surface area contributed by atoms with E-state index in [-0.39, 0.29) is 10.7 Å². The molecule has 48 valence electrons. The van der Waals surface area contributed by atoms with E-state index in [1.165, 1.54) is 12.3 Å². The predicted molar refractivity (Wildman–Crippen MR) is 32.8 cm³/mol. The molecule has 2 N–H and O–H groups in total. The maximum absolute atomic E-state index is 10.2. The fourth-order valence-electron chi connectivity index (χ4n) is 0.514. The zero-order valence-electron chi connectivity index (χ0n) is 4.39. The smallest absolute Gasteiger partial charge is 0.338 e. The maximum Gasteiger partial charge on any atom is 0.338 e. The summed E-state index contributed by atoms with van der Waals surface area (Å²) >= 11 is 5.40. The van der Waals surface area contributed by atoms with Crippen LogP contribution in [0.5, 0.6) is 0 Å². The second kappa shape index (κ2) is 2.11. The summed E-state index contributed by atoms with van der Waals surface area (Å²) in [4.78, 5) is 12.7. The normalized spacial score (nSPS) is 9.44. The van der Waals surface area contributed by atoms with Crippen LogP contribution < -0.4 is 0 Å². The van der Waals surface area contributed by atoms with Gasteiger partial charge in [0.2, 0.25) is 0 Å². The third-order valence-corrected chi connectivity index (χ3v) is 1.24. The monoisotopic (exact) mass is 145 g/mol. The highest BCUT2D eigenvalue weighted by molar-refractivity contribution is 6.32. The first-order valence-electron chi connectivity index (χ1n) is 2.28. The van der Waals surface area contributed by atoms with Gasteiger partial charge in [-0.2, -0.15) is 0 Å². The number of aromatic amines is 1. The molecule has 1 heterocycles. The van der Waals surface area contributed by atoms with Gasteiger partial charge in [-0.3, -0.25) is 0 Å². The molecule has 1 rings (SSSR count). The van der Waals surface area contributed by atoms with Crippen molar-refractivity contribution in [1.82, 2.24) is 4.98 Å². The molecule has 3 nitrogen and oxygen atoms in total. The lowest BCUT2D eigenvalue weighted by molar-refractivity contribution is 0.0697. The number of nitrogens with one attached hydrogen (secondary N) is 1. The zero-order chi connectivity index (χ0) is 6.85. The van der Waals surface area contributed by atoms with E-state index in [9.17, 15) is 4.79 Å². The zero-order valence-corrected chi connectivity index (χ0v) is 5.14. The highest BCUT2D eigenvalue weighted by Gasteiger charge is 2.06. The molecule has 0 saturated heterocycles. The van der Waals surface area contributed by atoms with Crippen LogP contribution in [0.4, 0.5) is 0 Å². The largest absolute Gasteiger partial charge is 0.478 e. The van der Waals surface area contributed by atoms with E-state index < -0.39 is 5.97 Å². The van der Waals surface area contributed by atoms with E-state index in [0.29, 0.717) is 0 Å². The molecule has 0 atom stereocenters. The molecule has 0 fully saturated rings. The topological polar surface area (TPSA) is 53.1 Å². The van der Waals surface area contributed by atoms with Crippen molar-refractivity contribution in [3.05, 3.63) is 23.0 Å². The summed E-state index contributed by atoms with van der Waals surface area (Å²) in [6.07, 6.45) is 1.48. The lowest BCUT2D eigenvalue weighted by atomic mass is 10.3. The van der Waals surface area contributed by atoms with Crippen LogP contribution in [0, 0.1) is 0 Å². The number of aromatic nitrogens is 1. The van der Waals surface area contributed by atoms with Crippen molar-refractivity contribution in [2.75, 3.05) is 0 Å². The van der Waals surface area contributed by atoms with Crippen molar-refractivity contribution in [3.63, 3.8) is 0 Å². The molecule has 0 bridgehead atoms. The lowest BCUT2D eigenvalue weighted by Crippen LogP contribution is -1.93. The van der Waals surface area contributed by atoms with Crippen LogP contribution in [-0.4, -0.2) is 16.1 Å². The minimum Gasteiger partial charge on any atom is -0.478 e. The van der Waals surface area contributed by atoms with Crippen LogP contribution in [0.2, 0.25) is 5.15 Å². The number of halogens is 1. The van der Waals surface area contributed by atoms with Crippen LogP contribution >= 0.6 is 11.6 Å². The van der Waals surface area contributed by atoms with Crippen LogP contribution in [-0.2, 0) is 0 Å². The average molecular weight is 146 g/mol. The maximum atomic E-state index is 10.2. The molecule has 1 aromatic rings. The van der Waals surface area contributed by atoms with Crippen LogP contribution in [0.15, 0.2) is 12.3 Å². The van der Waals surface area contributed by atoms with Gasteiger partial charge in [-0.1, -0.05) is 11.6 Å². The van der Waals surface area contributed by atoms with Crippen molar-refractivity contribution in [2.24, 2.45) is 0 Å². The van der Waals surface area contributed by atoms with E-state index in [2.05, 4.69) is 4.98 Å². The molecule has 1 aromatic heterocycles. The molecule has 0 saturated carbocycles. The van der Waals surface area contributed by atoms with Crippen LogP contribution in [0.25, 0.3) is 0 Å². The van der Waals surface area contributed by atoms with Gasteiger partial charge in [0.05, 0.1) is 5.56 Å². The molecule has 4 heteroatoms. The highest BCUT2D eigenvalue weighted by atomic mass is 35.5. The van der Waals surface area contributed by atoms with Gasteiger partial charge in [0.1, 0.15) is 5.15 Å². The average Bonchev–Trinajstić information content (AvgIpc) is 2.13. The predicted octanol–water partition coefficient (Wildman–Crippen LogP) is 1.37. The first kappa shape index (κ1) is 6.16. The number of carbonyl (C=O) groups is 1. The number of hydrogen-bond acceptors (Lipinski definition) is 1. The molecule has 0 aromatic carbocycles. The van der Waals surface area contributed by atoms with Crippen LogP contribution in [0.1, 0.15) is 10.4 Å². The van der Waals surface area contributed by atoms with Gasteiger partial charge in [-0.05, 0) is 6.07 Å². The van der Waals surface area contributed by atoms with Gasteiger partial charge >= 0.3 is 5.97 Å². The first-order valence-corrected chi connectivity index (χ1v) is 2.66. The molecule has 0 amide bonds. The number of H-pyrrole nitrogens is 1. The summed E-state index contributed by atoms with van der Waals surface area (Å²) in [7, 11) is 0. The summed E-state index contributed by atoms with van der Waals surface area (Å²) in [5.41, 5.74) is 0.108. The number of aromatic carboxylic acids is 1. The third kappa shape index (κ3) is 1.05. The van der Waals surface area contributed by atoms with Crippen molar-refractivity contribution in [3.8, 4) is 0 Å². The Hall–Kier alpha value is -0.960. The Bertz CT molecular complexity index is 231. The minimum absolute atomic E-state index is 0.108. The molecule has 0 unspecified atom stereocenters. The summed E-state index contributed by atoms with van der Waals surface area (Å²) < 4.78 is 0. The Morgan fingerprint density at radius 1 is 1.78 bits per heavy atom. The number of rotatable bonds is 1. The van der Waals surface area contributed by atoms with Crippen molar-refractivity contribution >= 4 is 17.6 Å². The molecule has 0 aliphatic rings. The summed E-state index contributed by atoms with van der Waals surface area (Å²) in [6, 6.07) is 1.41. The van der Waals surface area contributed by atoms with Gasteiger partial charge in [-0.15, -0.1) is 0 Å². The van der Waals surface area contributed by atoms with Gasteiger partial charge in [0.15, 0.2) is 0 Å². The Kier molecular flexibility index (Phi) is 1.44. The summed E-state index contributed by atoms with van der Waals surface area (Å²) in [5, 5.41) is 8.52. The van der Waals surface area contributed by atoms with E-state index in [1.54, 1.807) is 0 Å². The standard InChI is InChI=1S/C5H4ClNO2/c6-4-3(5(8)9)1-2-7-4/h1-2,7H,(H,8,9). The molecule has 0 aliphatic carbocycles. The second-order valence-corrected chi connectivity index (χ2v) is 1.89. The third-order valence-electron chi connectivity index (χ3n) is 0.927. The Morgan fingerprint density at radius 3 is 2.67 bits per heavy atom. The Labute approximate surface area is 56.3 Å². The molecule has 0 spiro atoms. The second-order valence-electron chi connectivity index (χ2n) is 1.51. The SMILES string of the molecule is O=C(O)c1cc[nH]c1Cl. The van der Waals surface area contributed by atoms with Gasteiger partial charge in [0.25, 0.3) is 0 Å².